The molecule has 0 unspecified atom stereocenters. The molecule has 1 aliphatic carbocycles. The molecule has 1 aromatic carbocycles. The van der Waals surface area contributed by atoms with Crippen molar-refractivity contribution in [3.8, 4) is 0 Å². The average Bonchev–Trinajstić information content (AvgIpc) is 3.10. The fourth-order valence-electron chi connectivity index (χ4n) is 3.41. The first-order valence-electron chi connectivity index (χ1n) is 7.93. The van der Waals surface area contributed by atoms with E-state index >= 15 is 0 Å². The minimum atomic E-state index is -0.150. The van der Waals surface area contributed by atoms with Crippen molar-refractivity contribution in [1.82, 2.24) is 5.32 Å². The van der Waals surface area contributed by atoms with Crippen LogP contribution in [0.3, 0.4) is 0 Å². The summed E-state index contributed by atoms with van der Waals surface area (Å²) in [5.74, 6) is 0.207. The van der Waals surface area contributed by atoms with E-state index in [9.17, 15) is 4.79 Å². The van der Waals surface area contributed by atoms with Gasteiger partial charge in [-0.25, -0.2) is 0 Å². The summed E-state index contributed by atoms with van der Waals surface area (Å²) in [6, 6.07) is 11.5. The molecule has 0 spiro atoms. The molecule has 4 nitrogen and oxygen atoms in total. The van der Waals surface area contributed by atoms with Crippen molar-refractivity contribution in [2.75, 3.05) is 6.54 Å². The Labute approximate surface area is 141 Å². The molecule has 0 bridgehead atoms. The van der Waals surface area contributed by atoms with E-state index in [0.717, 1.165) is 30.7 Å². The molecule has 1 amide bonds. The molecular weight excluding hydrogens is 312 g/mol. The molecule has 1 aliphatic rings. The molecule has 1 saturated carbocycles. The van der Waals surface area contributed by atoms with Crippen molar-refractivity contribution in [2.24, 2.45) is 5.73 Å². The van der Waals surface area contributed by atoms with Gasteiger partial charge in [-0.2, -0.15) is 0 Å². The topological polar surface area (TPSA) is 68.3 Å². The quantitative estimate of drug-likeness (QED) is 0.900. The summed E-state index contributed by atoms with van der Waals surface area (Å²) in [7, 11) is 0. The van der Waals surface area contributed by atoms with Gasteiger partial charge >= 0.3 is 0 Å². The van der Waals surface area contributed by atoms with Crippen molar-refractivity contribution in [3.63, 3.8) is 0 Å². The zero-order valence-electron chi connectivity index (χ0n) is 12.9. The van der Waals surface area contributed by atoms with Crippen LogP contribution in [0, 0.1) is 0 Å². The molecule has 0 radical (unpaired) electrons. The molecule has 23 heavy (non-hydrogen) atoms. The van der Waals surface area contributed by atoms with Crippen molar-refractivity contribution < 1.29 is 9.21 Å². The number of carbonyl (C=O) groups is 1. The van der Waals surface area contributed by atoms with Crippen LogP contribution in [-0.4, -0.2) is 18.5 Å². The number of amides is 1. The van der Waals surface area contributed by atoms with Gasteiger partial charge in [-0.05, 0) is 55.5 Å². The zero-order chi connectivity index (χ0) is 16.3. The van der Waals surface area contributed by atoms with E-state index in [0.29, 0.717) is 12.3 Å². The van der Waals surface area contributed by atoms with Gasteiger partial charge in [-0.15, -0.1) is 0 Å². The van der Waals surface area contributed by atoms with Crippen LogP contribution in [0.2, 0.25) is 5.02 Å². The Morgan fingerprint density at radius 3 is 2.70 bits per heavy atom. The van der Waals surface area contributed by atoms with E-state index in [1.54, 1.807) is 12.1 Å². The molecule has 1 aromatic heterocycles. The first-order chi connectivity index (χ1) is 11.1. The Hall–Kier alpha value is -1.78. The molecule has 0 atom stereocenters. The number of nitrogens with one attached hydrogen (secondary N) is 1. The molecule has 5 heteroatoms. The third-order valence-electron chi connectivity index (χ3n) is 4.85. The van der Waals surface area contributed by atoms with Crippen LogP contribution >= 0.6 is 11.6 Å². The lowest BCUT2D eigenvalue weighted by Gasteiger charge is -2.40. The number of hydrogen-bond acceptors (Lipinski definition) is 3. The average molecular weight is 333 g/mol. The van der Waals surface area contributed by atoms with Crippen LogP contribution in [0.5, 0.6) is 0 Å². The summed E-state index contributed by atoms with van der Waals surface area (Å²) in [6.07, 6.45) is 5.18. The molecule has 3 rings (SSSR count). The van der Waals surface area contributed by atoms with Crippen molar-refractivity contribution in [1.29, 1.82) is 0 Å². The van der Waals surface area contributed by atoms with Crippen molar-refractivity contribution in [3.05, 3.63) is 59.0 Å². The lowest BCUT2D eigenvalue weighted by molar-refractivity contribution is 0.0890. The minimum Gasteiger partial charge on any atom is -0.459 e. The van der Waals surface area contributed by atoms with Gasteiger partial charge in [0.05, 0.1) is 6.26 Å². The second kappa shape index (κ2) is 6.77. The van der Waals surface area contributed by atoms with Crippen LogP contribution in [0.25, 0.3) is 0 Å². The number of nitrogens with two attached hydrogens (primary N) is 1. The molecule has 3 N–H and O–H groups in total. The van der Waals surface area contributed by atoms with E-state index in [4.69, 9.17) is 21.8 Å². The van der Waals surface area contributed by atoms with Crippen LogP contribution < -0.4 is 11.1 Å². The zero-order valence-corrected chi connectivity index (χ0v) is 13.7. The number of rotatable bonds is 4. The number of benzene rings is 1. The Bertz CT molecular complexity index is 661. The lowest BCUT2D eigenvalue weighted by Crippen LogP contribution is -2.45. The first-order valence-corrected chi connectivity index (χ1v) is 8.31. The van der Waals surface area contributed by atoms with Gasteiger partial charge in [0.25, 0.3) is 5.91 Å². The van der Waals surface area contributed by atoms with Gasteiger partial charge in [0.1, 0.15) is 0 Å². The smallest absolute Gasteiger partial charge is 0.287 e. The van der Waals surface area contributed by atoms with Gasteiger partial charge in [0, 0.05) is 23.0 Å². The minimum absolute atomic E-state index is 0.0448. The van der Waals surface area contributed by atoms with Crippen LogP contribution in [-0.2, 0) is 5.41 Å². The van der Waals surface area contributed by atoms with E-state index in [1.165, 1.54) is 11.8 Å². The number of furan rings is 1. The predicted molar refractivity (Wildman–Crippen MR) is 90.6 cm³/mol. The van der Waals surface area contributed by atoms with Crippen LogP contribution in [0.4, 0.5) is 0 Å². The summed E-state index contributed by atoms with van der Waals surface area (Å²) in [4.78, 5) is 12.1. The van der Waals surface area contributed by atoms with E-state index in [-0.39, 0.29) is 17.4 Å². The molecular formula is C18H21ClN2O2. The summed E-state index contributed by atoms with van der Waals surface area (Å²) in [5.41, 5.74) is 7.25. The van der Waals surface area contributed by atoms with E-state index < -0.39 is 0 Å². The molecule has 0 saturated heterocycles. The van der Waals surface area contributed by atoms with Crippen molar-refractivity contribution in [2.45, 2.75) is 37.1 Å². The highest BCUT2D eigenvalue weighted by atomic mass is 35.5. The molecule has 122 valence electrons. The van der Waals surface area contributed by atoms with Crippen LogP contribution in [0.15, 0.2) is 47.1 Å². The highest BCUT2D eigenvalue weighted by molar-refractivity contribution is 6.30. The number of halogens is 1. The third-order valence-corrected chi connectivity index (χ3v) is 5.09. The molecule has 1 heterocycles. The van der Waals surface area contributed by atoms with Gasteiger partial charge in [0.15, 0.2) is 5.76 Å². The Balaban J connectivity index is 1.65. The second-order valence-corrected chi connectivity index (χ2v) is 6.66. The van der Waals surface area contributed by atoms with Gasteiger partial charge in [0.2, 0.25) is 0 Å². The second-order valence-electron chi connectivity index (χ2n) is 6.22. The third kappa shape index (κ3) is 3.43. The predicted octanol–water partition coefficient (Wildman–Crippen LogP) is 3.50. The molecule has 2 aromatic rings. The Morgan fingerprint density at radius 1 is 1.30 bits per heavy atom. The van der Waals surface area contributed by atoms with Crippen LogP contribution in [0.1, 0.15) is 41.8 Å². The standard InChI is InChI=1S/C18H21ClN2O2/c19-14-4-1-3-13(11-14)18(12-20)8-6-15(7-9-18)21-17(22)16-5-2-10-23-16/h1-5,10-11,15H,6-9,12,20H2,(H,21,22)/t15-,18+. The fourth-order valence-corrected chi connectivity index (χ4v) is 3.60. The maximum Gasteiger partial charge on any atom is 0.287 e. The van der Waals surface area contributed by atoms with E-state index in [1.807, 2.05) is 18.2 Å². The van der Waals surface area contributed by atoms with Gasteiger partial charge in [-0.3, -0.25) is 4.79 Å². The summed E-state index contributed by atoms with van der Waals surface area (Å²) in [5, 5.41) is 3.79. The molecule has 1 fully saturated rings. The van der Waals surface area contributed by atoms with Crippen molar-refractivity contribution >= 4 is 17.5 Å². The number of hydrogen-bond donors (Lipinski definition) is 2. The maximum atomic E-state index is 12.1. The van der Waals surface area contributed by atoms with Gasteiger partial charge < -0.3 is 15.5 Å². The molecule has 0 aliphatic heterocycles. The fraction of sp³-hybridized carbons (Fsp3) is 0.389. The summed E-state index contributed by atoms with van der Waals surface area (Å²) < 4.78 is 5.13. The first kappa shape index (κ1) is 16.1. The number of carbonyl (C=O) groups excluding carboxylic acids is 1. The lowest BCUT2D eigenvalue weighted by atomic mass is 9.68. The largest absolute Gasteiger partial charge is 0.459 e. The van der Waals surface area contributed by atoms with Gasteiger partial charge in [-0.1, -0.05) is 23.7 Å². The highest BCUT2D eigenvalue weighted by Gasteiger charge is 2.36. The Kier molecular flexibility index (Phi) is 4.74. The van der Waals surface area contributed by atoms with E-state index in [2.05, 4.69) is 11.4 Å². The summed E-state index contributed by atoms with van der Waals surface area (Å²) in [6.45, 7) is 0.589. The highest BCUT2D eigenvalue weighted by Crippen LogP contribution is 2.39. The normalized spacial score (nSPS) is 24.3. The maximum absolute atomic E-state index is 12.1. The Morgan fingerprint density at radius 2 is 2.09 bits per heavy atom. The monoisotopic (exact) mass is 332 g/mol. The summed E-state index contributed by atoms with van der Waals surface area (Å²) >= 11 is 6.13. The SMILES string of the molecule is NC[C@]1(c2cccc(Cl)c2)CC[C@@H](NC(=O)c2ccco2)CC1.